The zero-order valence-corrected chi connectivity index (χ0v) is 12.3. The summed E-state index contributed by atoms with van der Waals surface area (Å²) in [6.07, 6.45) is 4.89. The lowest BCUT2D eigenvalue weighted by Crippen LogP contribution is -2.50. The number of likely N-dealkylation sites (tertiary alicyclic amines) is 1. The summed E-state index contributed by atoms with van der Waals surface area (Å²) in [7, 11) is 0. The highest BCUT2D eigenvalue weighted by atomic mass is 16.6. The molecule has 0 bridgehead atoms. The molecule has 0 saturated carbocycles. The van der Waals surface area contributed by atoms with Crippen molar-refractivity contribution in [3.05, 3.63) is 0 Å². The SMILES string of the molecule is CCCC1(CCN)CCCN1C(=O)OC(C)(C)C. The fourth-order valence-corrected chi connectivity index (χ4v) is 2.92. The molecule has 1 rings (SSSR count). The summed E-state index contributed by atoms with van der Waals surface area (Å²) in [6, 6.07) is 0. The van der Waals surface area contributed by atoms with Crippen LogP contribution in [0.15, 0.2) is 0 Å². The molecule has 1 fully saturated rings. The van der Waals surface area contributed by atoms with Crippen LogP contribution >= 0.6 is 0 Å². The standard InChI is InChI=1S/C14H28N2O2/c1-5-7-14(9-10-15)8-6-11-16(14)12(17)18-13(2,3)4/h5-11,15H2,1-4H3. The van der Waals surface area contributed by atoms with E-state index in [9.17, 15) is 4.79 Å². The molecule has 1 saturated heterocycles. The van der Waals surface area contributed by atoms with Gasteiger partial charge in [0, 0.05) is 12.1 Å². The highest BCUT2D eigenvalue weighted by Crippen LogP contribution is 2.37. The Bertz CT molecular complexity index is 278. The maximum atomic E-state index is 12.3. The summed E-state index contributed by atoms with van der Waals surface area (Å²) in [4.78, 5) is 14.2. The summed E-state index contributed by atoms with van der Waals surface area (Å²) >= 11 is 0. The maximum Gasteiger partial charge on any atom is 0.410 e. The van der Waals surface area contributed by atoms with Gasteiger partial charge in [-0.25, -0.2) is 4.79 Å². The Hall–Kier alpha value is -0.770. The lowest BCUT2D eigenvalue weighted by molar-refractivity contribution is 0.00485. The Balaban J connectivity index is 2.81. The Morgan fingerprint density at radius 2 is 2.06 bits per heavy atom. The lowest BCUT2D eigenvalue weighted by Gasteiger charge is -2.39. The van der Waals surface area contributed by atoms with E-state index < -0.39 is 5.60 Å². The first-order valence-electron chi connectivity index (χ1n) is 7.05. The largest absolute Gasteiger partial charge is 0.444 e. The molecule has 4 heteroatoms. The predicted molar refractivity (Wildman–Crippen MR) is 73.5 cm³/mol. The van der Waals surface area contributed by atoms with Gasteiger partial charge in [-0.1, -0.05) is 13.3 Å². The van der Waals surface area contributed by atoms with Crippen LogP contribution in [0.4, 0.5) is 4.79 Å². The van der Waals surface area contributed by atoms with Crippen LogP contribution in [0.1, 0.15) is 59.8 Å². The monoisotopic (exact) mass is 256 g/mol. The number of nitrogens with zero attached hydrogens (tertiary/aromatic N) is 1. The number of nitrogens with two attached hydrogens (primary N) is 1. The van der Waals surface area contributed by atoms with Crippen molar-refractivity contribution in [2.45, 2.75) is 70.9 Å². The number of amides is 1. The van der Waals surface area contributed by atoms with Crippen LogP contribution in [0.5, 0.6) is 0 Å². The highest BCUT2D eigenvalue weighted by molar-refractivity contribution is 5.69. The molecule has 106 valence electrons. The van der Waals surface area contributed by atoms with Crippen LogP contribution in [-0.4, -0.2) is 35.2 Å². The molecule has 1 aliphatic rings. The summed E-state index contributed by atoms with van der Waals surface area (Å²) in [5, 5.41) is 0. The number of ether oxygens (including phenoxy) is 1. The molecule has 2 N–H and O–H groups in total. The van der Waals surface area contributed by atoms with Crippen molar-refractivity contribution in [2.24, 2.45) is 5.73 Å². The van der Waals surface area contributed by atoms with E-state index in [-0.39, 0.29) is 11.6 Å². The first kappa shape index (κ1) is 15.3. The summed E-state index contributed by atoms with van der Waals surface area (Å²) in [5.74, 6) is 0. The van der Waals surface area contributed by atoms with Gasteiger partial charge in [-0.05, 0) is 53.0 Å². The molecule has 1 heterocycles. The van der Waals surface area contributed by atoms with E-state index in [4.69, 9.17) is 10.5 Å². The molecule has 18 heavy (non-hydrogen) atoms. The van der Waals surface area contributed by atoms with Gasteiger partial charge in [-0.3, -0.25) is 0 Å². The van der Waals surface area contributed by atoms with Crippen molar-refractivity contribution in [1.82, 2.24) is 4.90 Å². The Kier molecular flexibility index (Phi) is 5.02. The smallest absolute Gasteiger partial charge is 0.410 e. The highest BCUT2D eigenvalue weighted by Gasteiger charge is 2.43. The van der Waals surface area contributed by atoms with Gasteiger partial charge >= 0.3 is 6.09 Å². The van der Waals surface area contributed by atoms with Gasteiger partial charge in [0.1, 0.15) is 5.60 Å². The van der Waals surface area contributed by atoms with Crippen molar-refractivity contribution >= 4 is 6.09 Å². The molecular weight excluding hydrogens is 228 g/mol. The van der Waals surface area contributed by atoms with Crippen molar-refractivity contribution in [1.29, 1.82) is 0 Å². The van der Waals surface area contributed by atoms with E-state index in [1.165, 1.54) is 0 Å². The van der Waals surface area contributed by atoms with E-state index in [0.29, 0.717) is 6.54 Å². The fraction of sp³-hybridized carbons (Fsp3) is 0.929. The average Bonchev–Trinajstić information content (AvgIpc) is 2.60. The first-order chi connectivity index (χ1) is 8.34. The van der Waals surface area contributed by atoms with Gasteiger partial charge in [0.05, 0.1) is 0 Å². The van der Waals surface area contributed by atoms with Crippen molar-refractivity contribution in [3.8, 4) is 0 Å². The van der Waals surface area contributed by atoms with Gasteiger partial charge < -0.3 is 15.4 Å². The van der Waals surface area contributed by atoms with Gasteiger partial charge in [0.2, 0.25) is 0 Å². The third-order valence-electron chi connectivity index (χ3n) is 3.54. The molecule has 0 radical (unpaired) electrons. The van der Waals surface area contributed by atoms with Crippen LogP contribution in [0, 0.1) is 0 Å². The normalized spacial score (nSPS) is 24.4. The topological polar surface area (TPSA) is 55.6 Å². The van der Waals surface area contributed by atoms with Crippen LogP contribution in [-0.2, 0) is 4.74 Å². The van der Waals surface area contributed by atoms with Gasteiger partial charge in [0.25, 0.3) is 0 Å². The average molecular weight is 256 g/mol. The van der Waals surface area contributed by atoms with E-state index >= 15 is 0 Å². The van der Waals surface area contributed by atoms with Gasteiger partial charge in [0.15, 0.2) is 0 Å². The van der Waals surface area contributed by atoms with Gasteiger partial charge in [-0.2, -0.15) is 0 Å². The van der Waals surface area contributed by atoms with Crippen molar-refractivity contribution in [3.63, 3.8) is 0 Å². The van der Waals surface area contributed by atoms with Crippen LogP contribution in [0.2, 0.25) is 0 Å². The molecular formula is C14H28N2O2. The van der Waals surface area contributed by atoms with Crippen LogP contribution < -0.4 is 5.73 Å². The third-order valence-corrected chi connectivity index (χ3v) is 3.54. The van der Waals surface area contributed by atoms with Crippen LogP contribution in [0.25, 0.3) is 0 Å². The second-order valence-corrected chi connectivity index (χ2v) is 6.25. The second-order valence-electron chi connectivity index (χ2n) is 6.25. The third kappa shape index (κ3) is 3.61. The molecule has 0 aromatic heterocycles. The van der Waals surface area contributed by atoms with Crippen molar-refractivity contribution in [2.75, 3.05) is 13.1 Å². The number of hydrogen-bond donors (Lipinski definition) is 1. The Morgan fingerprint density at radius 3 is 2.56 bits per heavy atom. The molecule has 1 amide bonds. The van der Waals surface area contributed by atoms with Crippen LogP contribution in [0.3, 0.4) is 0 Å². The first-order valence-corrected chi connectivity index (χ1v) is 7.05. The minimum absolute atomic E-state index is 0.0637. The molecule has 1 aliphatic heterocycles. The molecule has 0 spiro atoms. The lowest BCUT2D eigenvalue weighted by atomic mass is 9.87. The zero-order chi connectivity index (χ0) is 13.8. The van der Waals surface area contributed by atoms with E-state index in [2.05, 4.69) is 6.92 Å². The number of rotatable bonds is 4. The fourth-order valence-electron chi connectivity index (χ4n) is 2.92. The van der Waals surface area contributed by atoms with E-state index in [1.807, 2.05) is 25.7 Å². The van der Waals surface area contributed by atoms with E-state index in [0.717, 1.165) is 38.6 Å². The quantitative estimate of drug-likeness (QED) is 0.841. The Morgan fingerprint density at radius 1 is 1.39 bits per heavy atom. The number of carbonyl (C=O) groups excluding carboxylic acids is 1. The minimum Gasteiger partial charge on any atom is -0.444 e. The number of carbonyl (C=O) groups is 1. The predicted octanol–water partition coefficient (Wildman–Crippen LogP) is 2.91. The Labute approximate surface area is 111 Å². The summed E-state index contributed by atoms with van der Waals surface area (Å²) < 4.78 is 5.52. The molecule has 1 atom stereocenters. The molecule has 4 nitrogen and oxygen atoms in total. The second kappa shape index (κ2) is 5.91. The summed E-state index contributed by atoms with van der Waals surface area (Å²) in [5.41, 5.74) is 5.24. The molecule has 0 aromatic carbocycles. The van der Waals surface area contributed by atoms with Gasteiger partial charge in [-0.15, -0.1) is 0 Å². The van der Waals surface area contributed by atoms with E-state index in [1.54, 1.807) is 0 Å². The number of hydrogen-bond acceptors (Lipinski definition) is 3. The van der Waals surface area contributed by atoms with Crippen molar-refractivity contribution < 1.29 is 9.53 Å². The molecule has 0 aliphatic carbocycles. The molecule has 0 aromatic rings. The molecule has 1 unspecified atom stereocenters. The summed E-state index contributed by atoms with van der Waals surface area (Å²) in [6.45, 7) is 9.31. The maximum absolute atomic E-state index is 12.3. The zero-order valence-electron chi connectivity index (χ0n) is 12.3. The minimum atomic E-state index is -0.430.